The second-order valence-electron chi connectivity index (χ2n) is 8.17. The molecule has 2 heterocycles. The average Bonchev–Trinajstić information content (AvgIpc) is 3.08. The van der Waals surface area contributed by atoms with Crippen LogP contribution in [0.4, 0.5) is 4.39 Å². The Hall–Kier alpha value is -1.30. The van der Waals surface area contributed by atoms with Crippen molar-refractivity contribution >= 4 is 29.6 Å². The fourth-order valence-electron chi connectivity index (χ4n) is 3.42. The zero-order valence-corrected chi connectivity index (χ0v) is 15.7. The highest BCUT2D eigenvalue weighted by atomic mass is 35.5. The van der Waals surface area contributed by atoms with Crippen LogP contribution < -0.4 is 0 Å². The van der Waals surface area contributed by atoms with Crippen molar-refractivity contribution in [3.05, 3.63) is 46.8 Å². The second-order valence-corrected chi connectivity index (χ2v) is 8.60. The molecule has 1 N–H and O–H groups in total. The molecule has 1 aliphatic heterocycles. The zero-order valence-electron chi connectivity index (χ0n) is 15.0. The third kappa shape index (κ3) is 2.73. The highest BCUT2D eigenvalue weighted by Gasteiger charge is 2.54. The van der Waals surface area contributed by atoms with E-state index in [1.165, 1.54) is 0 Å². The van der Waals surface area contributed by atoms with Gasteiger partial charge in [0, 0.05) is 27.5 Å². The van der Waals surface area contributed by atoms with Gasteiger partial charge >= 0.3 is 7.12 Å². The summed E-state index contributed by atoms with van der Waals surface area (Å²) in [6.07, 6.45) is 5.44. The molecule has 2 aliphatic rings. The van der Waals surface area contributed by atoms with Crippen molar-refractivity contribution in [3.8, 4) is 0 Å². The van der Waals surface area contributed by atoms with Gasteiger partial charge in [0.15, 0.2) is 0 Å². The molecular weight excluding hydrogens is 339 g/mol. The normalized spacial score (nSPS) is 24.1. The van der Waals surface area contributed by atoms with Crippen molar-refractivity contribution in [1.29, 1.82) is 0 Å². The third-order valence-corrected chi connectivity index (χ3v) is 6.10. The van der Waals surface area contributed by atoms with Crippen LogP contribution in [0.5, 0.6) is 0 Å². The van der Waals surface area contributed by atoms with Gasteiger partial charge in [-0.2, -0.15) is 0 Å². The van der Waals surface area contributed by atoms with E-state index in [1.54, 1.807) is 6.08 Å². The van der Waals surface area contributed by atoms with Gasteiger partial charge in [-0.25, -0.2) is 4.39 Å². The SMILES string of the molecule is CC1(C)OB(C(F)=CC2(c3c[nH]c4ccc(Cl)cc34)CC2)OC1(C)C. The van der Waals surface area contributed by atoms with E-state index in [4.69, 9.17) is 20.9 Å². The van der Waals surface area contributed by atoms with E-state index >= 15 is 0 Å². The first kappa shape index (κ1) is 17.1. The molecule has 132 valence electrons. The van der Waals surface area contributed by atoms with Crippen LogP contribution in [0.2, 0.25) is 5.02 Å². The molecule has 1 aromatic carbocycles. The van der Waals surface area contributed by atoms with Gasteiger partial charge in [-0.3, -0.25) is 0 Å². The van der Waals surface area contributed by atoms with Gasteiger partial charge in [0.1, 0.15) is 5.73 Å². The predicted octanol–water partition coefficient (Wildman–Crippen LogP) is 5.34. The fraction of sp³-hybridized carbons (Fsp3) is 0.474. The molecule has 0 unspecified atom stereocenters. The lowest BCUT2D eigenvalue weighted by Gasteiger charge is -2.32. The lowest BCUT2D eigenvalue weighted by Crippen LogP contribution is -2.41. The van der Waals surface area contributed by atoms with E-state index in [0.717, 1.165) is 29.3 Å². The smallest absolute Gasteiger partial charge is 0.398 e. The van der Waals surface area contributed by atoms with E-state index < -0.39 is 18.3 Å². The van der Waals surface area contributed by atoms with Crippen molar-refractivity contribution < 1.29 is 13.7 Å². The summed E-state index contributed by atoms with van der Waals surface area (Å²) in [6, 6.07) is 5.74. The zero-order chi connectivity index (χ0) is 18.0. The maximum atomic E-state index is 15.0. The number of hydrogen-bond donors (Lipinski definition) is 1. The Kier molecular flexibility index (Phi) is 3.67. The highest BCUT2D eigenvalue weighted by Crippen LogP contribution is 2.53. The van der Waals surface area contributed by atoms with Gasteiger partial charge in [-0.15, -0.1) is 0 Å². The molecule has 25 heavy (non-hydrogen) atoms. The van der Waals surface area contributed by atoms with Gasteiger partial charge in [-0.1, -0.05) is 11.6 Å². The average molecular weight is 362 g/mol. The molecule has 3 nitrogen and oxygen atoms in total. The Bertz CT molecular complexity index is 853. The Morgan fingerprint density at radius 3 is 2.44 bits per heavy atom. The van der Waals surface area contributed by atoms with Crippen LogP contribution in [-0.4, -0.2) is 23.3 Å². The van der Waals surface area contributed by atoms with Gasteiger partial charge in [0.2, 0.25) is 0 Å². The number of H-pyrrole nitrogens is 1. The van der Waals surface area contributed by atoms with Gasteiger partial charge in [-0.05, 0) is 70.4 Å². The molecule has 1 aromatic heterocycles. The summed E-state index contributed by atoms with van der Waals surface area (Å²) in [6.45, 7) is 7.70. The Morgan fingerprint density at radius 2 is 1.84 bits per heavy atom. The van der Waals surface area contributed by atoms with Crippen LogP contribution in [0, 0.1) is 0 Å². The number of hydrogen-bond acceptors (Lipinski definition) is 2. The van der Waals surface area contributed by atoms with E-state index in [0.29, 0.717) is 5.02 Å². The molecule has 1 aliphatic carbocycles. The van der Waals surface area contributed by atoms with Crippen LogP contribution in [0.15, 0.2) is 36.2 Å². The summed E-state index contributed by atoms with van der Waals surface area (Å²) >= 11 is 6.15. The number of nitrogens with one attached hydrogen (secondary N) is 1. The first-order valence-corrected chi connectivity index (χ1v) is 9.02. The summed E-state index contributed by atoms with van der Waals surface area (Å²) in [5.41, 5.74) is 0.331. The second kappa shape index (κ2) is 5.35. The summed E-state index contributed by atoms with van der Waals surface area (Å²) in [5, 5.41) is 1.72. The molecule has 2 fully saturated rings. The van der Waals surface area contributed by atoms with Crippen LogP contribution >= 0.6 is 11.6 Å². The van der Waals surface area contributed by atoms with Gasteiger partial charge < -0.3 is 14.3 Å². The summed E-state index contributed by atoms with van der Waals surface area (Å²) < 4.78 is 26.6. The van der Waals surface area contributed by atoms with Crippen LogP contribution in [-0.2, 0) is 14.7 Å². The summed E-state index contributed by atoms with van der Waals surface area (Å²) in [4.78, 5) is 3.26. The number of fused-ring (bicyclic) bond motifs is 1. The minimum atomic E-state index is -0.948. The van der Waals surface area contributed by atoms with Crippen molar-refractivity contribution in [1.82, 2.24) is 4.98 Å². The number of halogens is 2. The number of aromatic nitrogens is 1. The minimum Gasteiger partial charge on any atom is -0.398 e. The largest absolute Gasteiger partial charge is 0.524 e. The molecule has 0 atom stereocenters. The number of rotatable bonds is 3. The molecule has 0 radical (unpaired) electrons. The quantitative estimate of drug-likeness (QED) is 0.749. The number of benzene rings is 1. The molecular formula is C19H22BClFNO2. The lowest BCUT2D eigenvalue weighted by molar-refractivity contribution is 0.00578. The van der Waals surface area contributed by atoms with Gasteiger partial charge in [0.05, 0.1) is 11.2 Å². The maximum absolute atomic E-state index is 15.0. The minimum absolute atomic E-state index is 0.309. The van der Waals surface area contributed by atoms with Crippen molar-refractivity contribution in [2.24, 2.45) is 0 Å². The number of aromatic amines is 1. The monoisotopic (exact) mass is 361 g/mol. The molecule has 0 spiro atoms. The molecule has 6 heteroatoms. The van der Waals surface area contributed by atoms with Crippen molar-refractivity contribution in [2.75, 3.05) is 0 Å². The van der Waals surface area contributed by atoms with Crippen LogP contribution in [0.1, 0.15) is 46.1 Å². The molecule has 1 saturated heterocycles. The fourth-order valence-corrected chi connectivity index (χ4v) is 3.59. The van der Waals surface area contributed by atoms with Crippen molar-refractivity contribution in [3.63, 3.8) is 0 Å². The molecule has 0 amide bonds. The summed E-state index contributed by atoms with van der Waals surface area (Å²) in [7, 11) is -0.948. The Labute approximate surface area is 152 Å². The molecule has 4 rings (SSSR count). The standard InChI is InChI=1S/C19H22BClFNO2/c1-17(2)18(3,4)25-20(24-17)16(22)10-19(7-8-19)14-11-23-15-6-5-12(21)9-13(14)15/h5-6,9-11,23H,7-8H2,1-4H3. The first-order chi connectivity index (χ1) is 11.6. The maximum Gasteiger partial charge on any atom is 0.524 e. The predicted molar refractivity (Wildman–Crippen MR) is 99.5 cm³/mol. The van der Waals surface area contributed by atoms with Crippen LogP contribution in [0.3, 0.4) is 0 Å². The molecule has 1 saturated carbocycles. The Morgan fingerprint density at radius 1 is 1.20 bits per heavy atom. The number of allylic oxidation sites excluding steroid dienone is 1. The van der Waals surface area contributed by atoms with E-state index in [1.807, 2.05) is 52.1 Å². The Balaban J connectivity index is 1.67. The molecule has 0 bridgehead atoms. The molecule has 2 aromatic rings. The van der Waals surface area contributed by atoms with Crippen molar-refractivity contribution in [2.45, 2.75) is 57.2 Å². The summed E-state index contributed by atoms with van der Waals surface area (Å²) in [5.74, 6) is 0. The first-order valence-electron chi connectivity index (χ1n) is 8.65. The highest BCUT2D eigenvalue weighted by molar-refractivity contribution is 6.53. The van der Waals surface area contributed by atoms with E-state index in [2.05, 4.69) is 4.98 Å². The van der Waals surface area contributed by atoms with E-state index in [-0.39, 0.29) is 11.1 Å². The van der Waals surface area contributed by atoms with Gasteiger partial charge in [0.25, 0.3) is 0 Å². The third-order valence-electron chi connectivity index (χ3n) is 5.86. The lowest BCUT2D eigenvalue weighted by atomic mass is 9.83. The topological polar surface area (TPSA) is 34.2 Å². The van der Waals surface area contributed by atoms with E-state index in [9.17, 15) is 4.39 Å². The van der Waals surface area contributed by atoms with Crippen LogP contribution in [0.25, 0.3) is 10.9 Å².